The van der Waals surface area contributed by atoms with Crippen LogP contribution in [0.4, 0.5) is 0 Å². The Hall–Kier alpha value is -2.14. The smallest absolute Gasteiger partial charge is 0.268 e. The van der Waals surface area contributed by atoms with Gasteiger partial charge < -0.3 is 10.1 Å². The highest BCUT2D eigenvalue weighted by atomic mass is 16.5. The molecule has 0 fully saturated rings. The fourth-order valence-electron chi connectivity index (χ4n) is 2.04. The second-order valence-electron chi connectivity index (χ2n) is 5.11. The van der Waals surface area contributed by atoms with E-state index >= 15 is 0 Å². The lowest BCUT2D eigenvalue weighted by Gasteiger charge is -2.07. The molecule has 0 spiro atoms. The van der Waals surface area contributed by atoms with Crippen LogP contribution in [0.5, 0.6) is 5.75 Å². The first-order valence-electron chi connectivity index (χ1n) is 7.77. The van der Waals surface area contributed by atoms with Crippen molar-refractivity contribution in [2.24, 2.45) is 0 Å². The van der Waals surface area contributed by atoms with Gasteiger partial charge in [0.2, 0.25) is 0 Å². The van der Waals surface area contributed by atoms with E-state index in [0.717, 1.165) is 43.0 Å². The SMILES string of the molecule is CCCCOc1ccc(-c2cc(CNCC)c(=O)[nH]n2)cc1. The van der Waals surface area contributed by atoms with Gasteiger partial charge in [-0.25, -0.2) is 5.10 Å². The van der Waals surface area contributed by atoms with Gasteiger partial charge in [-0.3, -0.25) is 4.79 Å². The highest BCUT2D eigenvalue weighted by Crippen LogP contribution is 2.20. The van der Waals surface area contributed by atoms with Gasteiger partial charge in [0, 0.05) is 17.7 Å². The molecule has 2 rings (SSSR count). The van der Waals surface area contributed by atoms with Gasteiger partial charge in [0.15, 0.2) is 0 Å². The molecule has 0 unspecified atom stereocenters. The summed E-state index contributed by atoms with van der Waals surface area (Å²) in [6.45, 7) is 6.24. The van der Waals surface area contributed by atoms with Crippen LogP contribution in [-0.2, 0) is 6.54 Å². The van der Waals surface area contributed by atoms with Crippen LogP contribution in [0.15, 0.2) is 35.1 Å². The highest BCUT2D eigenvalue weighted by molar-refractivity contribution is 5.60. The molecule has 5 nitrogen and oxygen atoms in total. The molecular formula is C17H23N3O2. The van der Waals surface area contributed by atoms with Crippen LogP contribution in [0.1, 0.15) is 32.3 Å². The Labute approximate surface area is 130 Å². The second kappa shape index (κ2) is 8.34. The molecule has 0 amide bonds. The van der Waals surface area contributed by atoms with E-state index in [0.29, 0.717) is 12.1 Å². The van der Waals surface area contributed by atoms with Crippen molar-refractivity contribution >= 4 is 0 Å². The third-order valence-electron chi connectivity index (χ3n) is 3.36. The maximum atomic E-state index is 11.7. The quantitative estimate of drug-likeness (QED) is 0.736. The van der Waals surface area contributed by atoms with Crippen molar-refractivity contribution in [2.75, 3.05) is 13.2 Å². The third-order valence-corrected chi connectivity index (χ3v) is 3.36. The number of H-pyrrole nitrogens is 1. The molecule has 0 bridgehead atoms. The summed E-state index contributed by atoms with van der Waals surface area (Å²) in [7, 11) is 0. The maximum Gasteiger partial charge on any atom is 0.268 e. The van der Waals surface area contributed by atoms with Gasteiger partial charge in [0.25, 0.3) is 5.56 Å². The summed E-state index contributed by atoms with van der Waals surface area (Å²) >= 11 is 0. The minimum absolute atomic E-state index is 0.149. The number of ether oxygens (including phenoxy) is 1. The molecule has 0 aliphatic heterocycles. The molecule has 1 aromatic heterocycles. The van der Waals surface area contributed by atoms with Gasteiger partial charge in [-0.15, -0.1) is 0 Å². The lowest BCUT2D eigenvalue weighted by atomic mass is 10.1. The number of hydrogen-bond acceptors (Lipinski definition) is 4. The molecule has 0 aliphatic rings. The molecule has 1 heterocycles. The molecular weight excluding hydrogens is 278 g/mol. The summed E-state index contributed by atoms with van der Waals surface area (Å²) in [5.41, 5.74) is 2.25. The van der Waals surface area contributed by atoms with E-state index < -0.39 is 0 Å². The first-order chi connectivity index (χ1) is 10.7. The number of unbranched alkanes of at least 4 members (excludes halogenated alkanes) is 1. The van der Waals surface area contributed by atoms with E-state index in [-0.39, 0.29) is 5.56 Å². The number of hydrogen-bond donors (Lipinski definition) is 2. The van der Waals surface area contributed by atoms with E-state index in [4.69, 9.17) is 4.74 Å². The Bertz CT molecular complexity index is 635. The molecule has 22 heavy (non-hydrogen) atoms. The van der Waals surface area contributed by atoms with Gasteiger partial charge >= 0.3 is 0 Å². The lowest BCUT2D eigenvalue weighted by molar-refractivity contribution is 0.309. The van der Waals surface area contributed by atoms with Crippen LogP contribution in [0, 0.1) is 0 Å². The van der Waals surface area contributed by atoms with Crippen molar-refractivity contribution in [2.45, 2.75) is 33.2 Å². The Morgan fingerprint density at radius 2 is 2.00 bits per heavy atom. The monoisotopic (exact) mass is 301 g/mol. The number of nitrogens with one attached hydrogen (secondary N) is 2. The first-order valence-corrected chi connectivity index (χ1v) is 7.77. The molecule has 0 saturated heterocycles. The van der Waals surface area contributed by atoms with Crippen LogP contribution in [0.2, 0.25) is 0 Å². The summed E-state index contributed by atoms with van der Waals surface area (Å²) in [5.74, 6) is 0.856. The predicted octanol–water partition coefficient (Wildman–Crippen LogP) is 2.73. The average molecular weight is 301 g/mol. The fourth-order valence-corrected chi connectivity index (χ4v) is 2.04. The lowest BCUT2D eigenvalue weighted by Crippen LogP contribution is -2.21. The van der Waals surface area contributed by atoms with Crippen molar-refractivity contribution in [3.63, 3.8) is 0 Å². The van der Waals surface area contributed by atoms with Crippen LogP contribution < -0.4 is 15.6 Å². The normalized spacial score (nSPS) is 10.6. The zero-order chi connectivity index (χ0) is 15.8. The van der Waals surface area contributed by atoms with E-state index in [2.05, 4.69) is 22.4 Å². The summed E-state index contributed by atoms with van der Waals surface area (Å²) < 4.78 is 5.65. The molecule has 2 aromatic rings. The molecule has 0 saturated carbocycles. The molecule has 0 atom stereocenters. The molecule has 5 heteroatoms. The topological polar surface area (TPSA) is 67.0 Å². The standard InChI is InChI=1S/C17H23N3O2/c1-3-5-10-22-15-8-6-13(7-9-15)16-11-14(12-18-4-2)17(21)20-19-16/h6-9,11,18H,3-5,10,12H2,1-2H3,(H,20,21). The third kappa shape index (κ3) is 4.43. The number of aromatic amines is 1. The van der Waals surface area contributed by atoms with Gasteiger partial charge in [0.05, 0.1) is 12.3 Å². The predicted molar refractivity (Wildman–Crippen MR) is 88.1 cm³/mol. The first kappa shape index (κ1) is 16.2. The summed E-state index contributed by atoms with van der Waals surface area (Å²) in [5, 5.41) is 9.83. The fraction of sp³-hybridized carbons (Fsp3) is 0.412. The molecule has 2 N–H and O–H groups in total. The maximum absolute atomic E-state index is 11.7. The zero-order valence-electron chi connectivity index (χ0n) is 13.2. The van der Waals surface area contributed by atoms with Crippen molar-refractivity contribution in [3.05, 3.63) is 46.2 Å². The Balaban J connectivity index is 2.12. The van der Waals surface area contributed by atoms with Crippen LogP contribution in [0.3, 0.4) is 0 Å². The minimum Gasteiger partial charge on any atom is -0.494 e. The van der Waals surface area contributed by atoms with Gasteiger partial charge in [0.1, 0.15) is 5.75 Å². The second-order valence-corrected chi connectivity index (χ2v) is 5.11. The van der Waals surface area contributed by atoms with Gasteiger partial charge in [-0.1, -0.05) is 20.3 Å². The van der Waals surface area contributed by atoms with Crippen LogP contribution in [0.25, 0.3) is 11.3 Å². The van der Waals surface area contributed by atoms with Crippen LogP contribution in [-0.4, -0.2) is 23.3 Å². The number of rotatable bonds is 8. The van der Waals surface area contributed by atoms with E-state index in [9.17, 15) is 4.79 Å². The molecule has 1 aromatic carbocycles. The summed E-state index contributed by atoms with van der Waals surface area (Å²) in [6, 6.07) is 9.61. The van der Waals surface area contributed by atoms with Gasteiger partial charge in [-0.2, -0.15) is 5.10 Å². The summed E-state index contributed by atoms with van der Waals surface area (Å²) in [6.07, 6.45) is 2.17. The number of nitrogens with zero attached hydrogens (tertiary/aromatic N) is 1. The van der Waals surface area contributed by atoms with E-state index in [1.165, 1.54) is 0 Å². The summed E-state index contributed by atoms with van der Waals surface area (Å²) in [4.78, 5) is 11.7. The van der Waals surface area contributed by atoms with Gasteiger partial charge in [-0.05, 0) is 43.3 Å². The largest absolute Gasteiger partial charge is 0.494 e. The number of benzene rings is 1. The van der Waals surface area contributed by atoms with Crippen LogP contribution >= 0.6 is 0 Å². The Morgan fingerprint density at radius 3 is 2.68 bits per heavy atom. The highest BCUT2D eigenvalue weighted by Gasteiger charge is 2.05. The Kier molecular flexibility index (Phi) is 6.15. The van der Waals surface area contributed by atoms with E-state index in [1.807, 2.05) is 37.3 Å². The van der Waals surface area contributed by atoms with Crippen molar-refractivity contribution in [1.29, 1.82) is 0 Å². The Morgan fingerprint density at radius 1 is 1.23 bits per heavy atom. The minimum atomic E-state index is -0.149. The number of aromatic nitrogens is 2. The van der Waals surface area contributed by atoms with Crippen molar-refractivity contribution < 1.29 is 4.74 Å². The van der Waals surface area contributed by atoms with E-state index in [1.54, 1.807) is 0 Å². The average Bonchev–Trinajstić information content (AvgIpc) is 2.55. The molecule has 0 aliphatic carbocycles. The zero-order valence-corrected chi connectivity index (χ0v) is 13.2. The van der Waals surface area contributed by atoms with Crippen molar-refractivity contribution in [1.82, 2.24) is 15.5 Å². The molecule has 118 valence electrons. The van der Waals surface area contributed by atoms with Crippen molar-refractivity contribution in [3.8, 4) is 17.0 Å². The molecule has 0 radical (unpaired) electrons.